The summed E-state index contributed by atoms with van der Waals surface area (Å²) in [4.78, 5) is 24.4. The first-order valence-electron chi connectivity index (χ1n) is 7.34. The van der Waals surface area contributed by atoms with Crippen LogP contribution in [-0.2, 0) is 9.59 Å². The number of aliphatic carboxylic acids is 1. The summed E-state index contributed by atoms with van der Waals surface area (Å²) in [6.45, 7) is 6.86. The van der Waals surface area contributed by atoms with Gasteiger partial charge in [-0.1, -0.05) is 13.3 Å². The summed E-state index contributed by atoms with van der Waals surface area (Å²) in [7, 11) is 0. The maximum Gasteiger partial charge on any atom is 0.320 e. The van der Waals surface area contributed by atoms with Crippen LogP contribution < -0.4 is 11.1 Å². The van der Waals surface area contributed by atoms with E-state index in [0.717, 1.165) is 12.8 Å². The van der Waals surface area contributed by atoms with Crippen LogP contribution in [0.15, 0.2) is 0 Å². The van der Waals surface area contributed by atoms with Gasteiger partial charge in [0.25, 0.3) is 0 Å². The molecule has 1 rings (SSSR count). The molecule has 22 heavy (non-hydrogen) atoms. The molecule has 4 atom stereocenters. The van der Waals surface area contributed by atoms with E-state index in [1.54, 1.807) is 0 Å². The number of rotatable bonds is 7. The predicted molar refractivity (Wildman–Crippen MR) is 91.8 cm³/mol. The molecule has 3 unspecified atom stereocenters. The zero-order valence-corrected chi connectivity index (χ0v) is 15.1. The summed E-state index contributed by atoms with van der Waals surface area (Å²) in [5.74, 6) is -0.608. The van der Waals surface area contributed by atoms with Gasteiger partial charge >= 0.3 is 5.97 Å². The Morgan fingerprint density at radius 2 is 2.00 bits per heavy atom. The smallest absolute Gasteiger partial charge is 0.320 e. The minimum atomic E-state index is -0.805. The fraction of sp³-hybridized carbons (Fsp3) is 0.857. The number of amides is 1. The van der Waals surface area contributed by atoms with Gasteiger partial charge in [0.05, 0.1) is 0 Å². The third-order valence-electron chi connectivity index (χ3n) is 3.99. The summed E-state index contributed by atoms with van der Waals surface area (Å²) < 4.78 is 0. The monoisotopic (exact) mass is 357 g/mol. The van der Waals surface area contributed by atoms with Crippen LogP contribution >= 0.6 is 24.8 Å². The van der Waals surface area contributed by atoms with Gasteiger partial charge in [-0.15, -0.1) is 24.8 Å². The van der Waals surface area contributed by atoms with E-state index in [0.29, 0.717) is 19.5 Å². The van der Waals surface area contributed by atoms with Crippen LogP contribution in [0.3, 0.4) is 0 Å². The van der Waals surface area contributed by atoms with Crippen molar-refractivity contribution in [3.05, 3.63) is 0 Å². The highest BCUT2D eigenvalue weighted by Crippen LogP contribution is 2.22. The van der Waals surface area contributed by atoms with Crippen LogP contribution in [-0.4, -0.2) is 53.1 Å². The zero-order valence-electron chi connectivity index (χ0n) is 13.4. The number of nitrogens with one attached hydrogen (secondary N) is 1. The average molecular weight is 358 g/mol. The number of hydrogen-bond acceptors (Lipinski definition) is 4. The predicted octanol–water partition coefficient (Wildman–Crippen LogP) is 1.26. The van der Waals surface area contributed by atoms with Crippen LogP contribution in [0.2, 0.25) is 0 Å². The number of nitrogens with two attached hydrogens (primary N) is 1. The van der Waals surface area contributed by atoms with E-state index in [2.05, 4.69) is 12.2 Å². The lowest BCUT2D eigenvalue weighted by Crippen LogP contribution is -2.45. The average Bonchev–Trinajstić information content (AvgIpc) is 2.69. The fourth-order valence-electron chi connectivity index (χ4n) is 3.01. The van der Waals surface area contributed by atoms with Crippen molar-refractivity contribution in [3.63, 3.8) is 0 Å². The second kappa shape index (κ2) is 11.0. The first-order chi connectivity index (χ1) is 9.35. The molecule has 1 saturated heterocycles. The molecular weight excluding hydrogens is 329 g/mol. The standard InChI is InChI=1S/C14H27N3O3.2ClH/c1-4-5-11(9(2)16-10(3)18)7-17-8-12(15)6-13(17)14(19)20;;/h9,11-13H,4-8,15H2,1-3H3,(H,16,18)(H,19,20);2*1H/t9?,11-,12?,13?;;/m0../s1. The van der Waals surface area contributed by atoms with E-state index in [1.165, 1.54) is 6.92 Å². The molecule has 0 aromatic heterocycles. The van der Waals surface area contributed by atoms with E-state index in [-0.39, 0.29) is 48.7 Å². The van der Waals surface area contributed by atoms with Crippen LogP contribution in [0.5, 0.6) is 0 Å². The number of likely N-dealkylation sites (tertiary alicyclic amines) is 1. The third-order valence-corrected chi connectivity index (χ3v) is 3.99. The first kappa shape index (κ1) is 23.7. The molecule has 1 fully saturated rings. The summed E-state index contributed by atoms with van der Waals surface area (Å²) in [6.07, 6.45) is 2.47. The van der Waals surface area contributed by atoms with Gasteiger partial charge in [0.15, 0.2) is 0 Å². The zero-order chi connectivity index (χ0) is 15.3. The second-order valence-electron chi connectivity index (χ2n) is 5.84. The summed E-state index contributed by atoms with van der Waals surface area (Å²) in [6, 6.07) is -0.526. The van der Waals surface area contributed by atoms with Gasteiger partial charge in [0, 0.05) is 32.1 Å². The molecule has 1 heterocycles. The molecule has 0 spiro atoms. The molecule has 0 aliphatic carbocycles. The minimum Gasteiger partial charge on any atom is -0.480 e. The van der Waals surface area contributed by atoms with Gasteiger partial charge < -0.3 is 16.2 Å². The SMILES string of the molecule is CCC[C@@H](CN1CC(N)CC1C(=O)O)C(C)NC(C)=O.Cl.Cl. The van der Waals surface area contributed by atoms with Gasteiger partial charge in [-0.3, -0.25) is 14.5 Å². The summed E-state index contributed by atoms with van der Waals surface area (Å²) in [5, 5.41) is 12.2. The number of hydrogen-bond donors (Lipinski definition) is 3. The fourth-order valence-corrected chi connectivity index (χ4v) is 3.01. The quantitative estimate of drug-likeness (QED) is 0.637. The van der Waals surface area contributed by atoms with Crippen molar-refractivity contribution in [2.45, 2.75) is 58.2 Å². The van der Waals surface area contributed by atoms with E-state index in [9.17, 15) is 14.7 Å². The van der Waals surface area contributed by atoms with Crippen molar-refractivity contribution in [1.82, 2.24) is 10.2 Å². The van der Waals surface area contributed by atoms with Crippen molar-refractivity contribution in [1.29, 1.82) is 0 Å². The van der Waals surface area contributed by atoms with Crippen molar-refractivity contribution in [3.8, 4) is 0 Å². The van der Waals surface area contributed by atoms with E-state index < -0.39 is 12.0 Å². The third kappa shape index (κ3) is 7.13. The van der Waals surface area contributed by atoms with Gasteiger partial charge in [-0.2, -0.15) is 0 Å². The van der Waals surface area contributed by atoms with Crippen molar-refractivity contribution >= 4 is 36.7 Å². The van der Waals surface area contributed by atoms with Crippen LogP contribution in [0.1, 0.15) is 40.0 Å². The van der Waals surface area contributed by atoms with Crippen molar-refractivity contribution < 1.29 is 14.7 Å². The molecule has 4 N–H and O–H groups in total. The molecule has 6 nitrogen and oxygen atoms in total. The Morgan fingerprint density at radius 3 is 2.45 bits per heavy atom. The topological polar surface area (TPSA) is 95.7 Å². The first-order valence-corrected chi connectivity index (χ1v) is 7.34. The van der Waals surface area contributed by atoms with Crippen LogP contribution in [0.25, 0.3) is 0 Å². The molecule has 132 valence electrons. The summed E-state index contributed by atoms with van der Waals surface area (Å²) >= 11 is 0. The normalized spacial score (nSPS) is 23.8. The molecule has 0 bridgehead atoms. The van der Waals surface area contributed by atoms with E-state index in [4.69, 9.17) is 5.73 Å². The summed E-state index contributed by atoms with van der Waals surface area (Å²) in [5.41, 5.74) is 5.89. The van der Waals surface area contributed by atoms with E-state index in [1.807, 2.05) is 11.8 Å². The maximum absolute atomic E-state index is 11.3. The van der Waals surface area contributed by atoms with Crippen molar-refractivity contribution in [2.24, 2.45) is 11.7 Å². The molecule has 1 amide bonds. The number of carboxylic acid groups (broad SMARTS) is 1. The minimum absolute atomic E-state index is 0. The number of nitrogens with zero attached hydrogens (tertiary/aromatic N) is 1. The van der Waals surface area contributed by atoms with Gasteiger partial charge in [-0.05, 0) is 25.7 Å². The highest BCUT2D eigenvalue weighted by atomic mass is 35.5. The molecular formula is C14H29Cl2N3O3. The maximum atomic E-state index is 11.3. The highest BCUT2D eigenvalue weighted by Gasteiger charge is 2.36. The molecule has 0 saturated carbocycles. The molecule has 1 aliphatic heterocycles. The molecule has 1 aliphatic rings. The number of halogens is 2. The Kier molecular flexibility index (Phi) is 11.9. The highest BCUT2D eigenvalue weighted by molar-refractivity contribution is 5.85. The number of carbonyl (C=O) groups is 2. The Morgan fingerprint density at radius 1 is 1.41 bits per heavy atom. The Bertz CT molecular complexity index is 358. The molecule has 0 aromatic carbocycles. The Hall–Kier alpha value is -0.560. The Balaban J connectivity index is 0. The number of carboxylic acids is 1. The van der Waals surface area contributed by atoms with Crippen molar-refractivity contribution in [2.75, 3.05) is 13.1 Å². The molecule has 0 radical (unpaired) electrons. The Labute approximate surface area is 145 Å². The lowest BCUT2D eigenvalue weighted by Gasteiger charge is -2.30. The van der Waals surface area contributed by atoms with Crippen LogP contribution in [0, 0.1) is 5.92 Å². The lowest BCUT2D eigenvalue weighted by atomic mass is 9.95. The second-order valence-corrected chi connectivity index (χ2v) is 5.84. The van der Waals surface area contributed by atoms with Gasteiger partial charge in [0.2, 0.25) is 5.91 Å². The molecule has 0 aromatic rings. The molecule has 8 heteroatoms. The van der Waals surface area contributed by atoms with Gasteiger partial charge in [0.1, 0.15) is 6.04 Å². The van der Waals surface area contributed by atoms with Crippen LogP contribution in [0.4, 0.5) is 0 Å². The van der Waals surface area contributed by atoms with E-state index >= 15 is 0 Å². The lowest BCUT2D eigenvalue weighted by molar-refractivity contribution is -0.142. The number of carbonyl (C=O) groups excluding carboxylic acids is 1. The van der Waals surface area contributed by atoms with Gasteiger partial charge in [-0.25, -0.2) is 0 Å². The largest absolute Gasteiger partial charge is 0.480 e.